The van der Waals surface area contributed by atoms with E-state index in [-0.39, 0.29) is 5.97 Å². The summed E-state index contributed by atoms with van der Waals surface area (Å²) < 4.78 is 5.82. The number of hydrogen-bond acceptors (Lipinski definition) is 3. The van der Waals surface area contributed by atoms with E-state index in [0.717, 1.165) is 37.2 Å². The van der Waals surface area contributed by atoms with Crippen molar-refractivity contribution in [3.63, 3.8) is 0 Å². The van der Waals surface area contributed by atoms with Gasteiger partial charge in [-0.05, 0) is 26.0 Å². The molecule has 0 radical (unpaired) electrons. The molecular formula is C20H25N2O2+. The van der Waals surface area contributed by atoms with Gasteiger partial charge in [0.05, 0.1) is 24.3 Å². The SMILES string of the molecule is CC(C)(OC(=O)c1ccc(-c2ccccc2)nc1)C1CC[NH2+]CC1. The molecule has 2 aromatic rings. The van der Waals surface area contributed by atoms with Crippen molar-refractivity contribution in [2.75, 3.05) is 13.1 Å². The van der Waals surface area contributed by atoms with Gasteiger partial charge < -0.3 is 10.1 Å². The maximum atomic E-state index is 12.5. The number of aromatic nitrogens is 1. The van der Waals surface area contributed by atoms with Crippen LogP contribution in [0.4, 0.5) is 0 Å². The first-order valence-corrected chi connectivity index (χ1v) is 8.63. The molecule has 0 atom stereocenters. The van der Waals surface area contributed by atoms with Gasteiger partial charge in [0.1, 0.15) is 5.60 Å². The van der Waals surface area contributed by atoms with Gasteiger partial charge in [-0.1, -0.05) is 30.3 Å². The minimum absolute atomic E-state index is 0.290. The summed E-state index contributed by atoms with van der Waals surface area (Å²) in [4.78, 5) is 16.9. The molecular weight excluding hydrogens is 300 g/mol. The molecule has 24 heavy (non-hydrogen) atoms. The first kappa shape index (κ1) is 16.7. The molecule has 1 aromatic heterocycles. The highest BCUT2D eigenvalue weighted by Gasteiger charge is 2.35. The molecule has 3 rings (SSSR count). The monoisotopic (exact) mass is 325 g/mol. The zero-order valence-electron chi connectivity index (χ0n) is 14.4. The number of nitrogens with zero attached hydrogens (tertiary/aromatic N) is 1. The molecule has 0 aliphatic carbocycles. The van der Waals surface area contributed by atoms with Gasteiger partial charge in [0, 0.05) is 30.5 Å². The zero-order chi connectivity index (χ0) is 17.0. The van der Waals surface area contributed by atoms with Crippen LogP contribution in [0.25, 0.3) is 11.3 Å². The Morgan fingerprint density at radius 3 is 2.46 bits per heavy atom. The van der Waals surface area contributed by atoms with Crippen molar-refractivity contribution >= 4 is 5.97 Å². The minimum Gasteiger partial charge on any atom is -0.456 e. The van der Waals surface area contributed by atoms with E-state index in [1.165, 1.54) is 0 Å². The first-order chi connectivity index (χ1) is 11.6. The van der Waals surface area contributed by atoms with Gasteiger partial charge in [-0.2, -0.15) is 0 Å². The molecule has 0 amide bonds. The summed E-state index contributed by atoms with van der Waals surface area (Å²) in [6, 6.07) is 13.6. The van der Waals surface area contributed by atoms with Gasteiger partial charge in [-0.15, -0.1) is 0 Å². The highest BCUT2D eigenvalue weighted by atomic mass is 16.6. The van der Waals surface area contributed by atoms with Crippen LogP contribution < -0.4 is 5.32 Å². The van der Waals surface area contributed by atoms with E-state index >= 15 is 0 Å². The molecule has 126 valence electrons. The lowest BCUT2D eigenvalue weighted by Gasteiger charge is -2.35. The summed E-state index contributed by atoms with van der Waals surface area (Å²) in [6.07, 6.45) is 3.78. The summed E-state index contributed by atoms with van der Waals surface area (Å²) in [6.45, 7) is 6.26. The van der Waals surface area contributed by atoms with E-state index < -0.39 is 5.60 Å². The number of nitrogens with two attached hydrogens (primary N) is 1. The maximum Gasteiger partial charge on any atom is 0.340 e. The molecule has 4 heteroatoms. The molecule has 0 bridgehead atoms. The van der Waals surface area contributed by atoms with Crippen LogP contribution in [-0.4, -0.2) is 29.6 Å². The van der Waals surface area contributed by atoms with Gasteiger partial charge in [0.25, 0.3) is 0 Å². The number of carbonyl (C=O) groups is 1. The van der Waals surface area contributed by atoms with Crippen LogP contribution in [0.5, 0.6) is 0 Å². The summed E-state index contributed by atoms with van der Waals surface area (Å²) in [7, 11) is 0. The zero-order valence-corrected chi connectivity index (χ0v) is 14.4. The van der Waals surface area contributed by atoms with Crippen molar-refractivity contribution in [2.24, 2.45) is 5.92 Å². The van der Waals surface area contributed by atoms with Crippen LogP contribution >= 0.6 is 0 Å². The Kier molecular flexibility index (Phi) is 4.95. The van der Waals surface area contributed by atoms with Crippen molar-refractivity contribution in [1.29, 1.82) is 0 Å². The number of quaternary nitrogens is 1. The fourth-order valence-corrected chi connectivity index (χ4v) is 3.30. The van der Waals surface area contributed by atoms with Crippen molar-refractivity contribution in [2.45, 2.75) is 32.3 Å². The summed E-state index contributed by atoms with van der Waals surface area (Å²) in [5.41, 5.74) is 1.96. The van der Waals surface area contributed by atoms with E-state index in [4.69, 9.17) is 4.74 Å². The van der Waals surface area contributed by atoms with Crippen LogP contribution in [-0.2, 0) is 4.74 Å². The van der Waals surface area contributed by atoms with Crippen molar-refractivity contribution in [1.82, 2.24) is 4.98 Å². The molecule has 1 aromatic carbocycles. The van der Waals surface area contributed by atoms with Crippen LogP contribution in [0.15, 0.2) is 48.7 Å². The van der Waals surface area contributed by atoms with E-state index in [2.05, 4.69) is 10.3 Å². The first-order valence-electron chi connectivity index (χ1n) is 8.63. The second kappa shape index (κ2) is 7.14. The molecule has 0 spiro atoms. The number of piperidine rings is 1. The van der Waals surface area contributed by atoms with E-state index in [1.807, 2.05) is 50.2 Å². The fraction of sp³-hybridized carbons (Fsp3) is 0.400. The van der Waals surface area contributed by atoms with E-state index in [9.17, 15) is 4.79 Å². The molecule has 0 saturated carbocycles. The Morgan fingerprint density at radius 1 is 1.12 bits per heavy atom. The Morgan fingerprint density at radius 2 is 1.83 bits per heavy atom. The lowest BCUT2D eigenvalue weighted by atomic mass is 9.83. The lowest BCUT2D eigenvalue weighted by Crippen LogP contribution is -2.86. The number of rotatable bonds is 4. The third-order valence-electron chi connectivity index (χ3n) is 4.85. The Balaban J connectivity index is 1.68. The summed E-state index contributed by atoms with van der Waals surface area (Å²) >= 11 is 0. The highest BCUT2D eigenvalue weighted by Crippen LogP contribution is 2.29. The maximum absolute atomic E-state index is 12.5. The van der Waals surface area contributed by atoms with Crippen molar-refractivity contribution < 1.29 is 14.8 Å². The molecule has 1 aliphatic heterocycles. The number of esters is 1. The number of ether oxygens (including phenoxy) is 1. The second-order valence-corrected chi connectivity index (χ2v) is 6.93. The van der Waals surface area contributed by atoms with Crippen LogP contribution in [0.3, 0.4) is 0 Å². The van der Waals surface area contributed by atoms with Crippen LogP contribution in [0, 0.1) is 5.92 Å². The molecule has 0 unspecified atom stereocenters. The molecule has 1 fully saturated rings. The Labute approximate surface area is 143 Å². The summed E-state index contributed by atoms with van der Waals surface area (Å²) in [5.74, 6) is 0.129. The molecule has 1 saturated heterocycles. The average Bonchev–Trinajstić information content (AvgIpc) is 2.63. The molecule has 4 nitrogen and oxygen atoms in total. The van der Waals surface area contributed by atoms with Crippen molar-refractivity contribution in [3.8, 4) is 11.3 Å². The second-order valence-electron chi connectivity index (χ2n) is 6.93. The van der Waals surface area contributed by atoms with Crippen LogP contribution in [0.1, 0.15) is 37.0 Å². The predicted octanol–water partition coefficient (Wildman–Crippen LogP) is 2.66. The Bertz CT molecular complexity index is 675. The largest absolute Gasteiger partial charge is 0.456 e. The predicted molar refractivity (Wildman–Crippen MR) is 93.6 cm³/mol. The van der Waals surface area contributed by atoms with Gasteiger partial charge in [-0.3, -0.25) is 4.98 Å². The quantitative estimate of drug-likeness (QED) is 0.879. The fourth-order valence-electron chi connectivity index (χ4n) is 3.30. The lowest BCUT2D eigenvalue weighted by molar-refractivity contribution is -0.665. The number of benzene rings is 1. The topological polar surface area (TPSA) is 55.8 Å². The van der Waals surface area contributed by atoms with Gasteiger partial charge in [0.2, 0.25) is 0 Å². The van der Waals surface area contributed by atoms with E-state index in [1.54, 1.807) is 12.3 Å². The van der Waals surface area contributed by atoms with Crippen molar-refractivity contribution in [3.05, 3.63) is 54.2 Å². The molecule has 2 heterocycles. The number of hydrogen-bond donors (Lipinski definition) is 1. The van der Waals surface area contributed by atoms with Crippen LogP contribution in [0.2, 0.25) is 0 Å². The van der Waals surface area contributed by atoms with E-state index in [0.29, 0.717) is 11.5 Å². The smallest absolute Gasteiger partial charge is 0.340 e. The normalized spacial score (nSPS) is 15.9. The highest BCUT2D eigenvalue weighted by molar-refractivity contribution is 5.89. The third-order valence-corrected chi connectivity index (χ3v) is 4.85. The average molecular weight is 325 g/mol. The number of pyridine rings is 1. The molecule has 2 N–H and O–H groups in total. The van der Waals surface area contributed by atoms with Gasteiger partial charge in [-0.25, -0.2) is 4.79 Å². The number of carbonyl (C=O) groups excluding carboxylic acids is 1. The summed E-state index contributed by atoms with van der Waals surface area (Å²) in [5, 5.41) is 2.32. The minimum atomic E-state index is -0.441. The third kappa shape index (κ3) is 3.82. The molecule has 1 aliphatic rings. The Hall–Kier alpha value is -2.20. The standard InChI is InChI=1S/C20H24N2O2/c1-20(2,17-10-12-21-13-11-17)24-19(23)16-8-9-18(22-14-16)15-6-4-3-5-7-15/h3-9,14,17,21H,10-13H2,1-2H3/p+1. The van der Waals surface area contributed by atoms with Gasteiger partial charge >= 0.3 is 5.97 Å². The van der Waals surface area contributed by atoms with Gasteiger partial charge in [0.15, 0.2) is 0 Å².